The van der Waals surface area contributed by atoms with Crippen LogP contribution < -0.4 is 5.32 Å². The number of halogens is 1. The second-order valence-electron chi connectivity index (χ2n) is 7.65. The normalized spacial score (nSPS) is 11.0. The topological polar surface area (TPSA) is 34.0 Å². The van der Waals surface area contributed by atoms with Gasteiger partial charge in [-0.1, -0.05) is 54.1 Å². The summed E-state index contributed by atoms with van der Waals surface area (Å²) in [6.07, 6.45) is 0.775. The number of hydrogen-bond acceptors (Lipinski definition) is 1. The Hall–Kier alpha value is -3.04. The smallest absolute Gasteiger partial charge is 0.251 e. The Morgan fingerprint density at radius 2 is 1.67 bits per heavy atom. The van der Waals surface area contributed by atoms with Gasteiger partial charge in [0.1, 0.15) is 0 Å². The predicted molar refractivity (Wildman–Crippen MR) is 124 cm³/mol. The molecule has 0 spiro atoms. The summed E-state index contributed by atoms with van der Waals surface area (Å²) in [6.45, 7) is 5.68. The number of benzene rings is 3. The van der Waals surface area contributed by atoms with Crippen molar-refractivity contribution >= 4 is 28.4 Å². The van der Waals surface area contributed by atoms with E-state index in [1.54, 1.807) is 0 Å². The number of carbonyl (C=O) groups is 1. The van der Waals surface area contributed by atoms with Gasteiger partial charge in [0.15, 0.2) is 0 Å². The molecule has 0 radical (unpaired) electrons. The van der Waals surface area contributed by atoms with E-state index in [9.17, 15) is 4.79 Å². The average Bonchev–Trinajstić information content (AvgIpc) is 3.00. The van der Waals surface area contributed by atoms with Crippen molar-refractivity contribution in [1.29, 1.82) is 0 Å². The zero-order valence-electron chi connectivity index (χ0n) is 17.3. The zero-order valence-corrected chi connectivity index (χ0v) is 18.0. The maximum Gasteiger partial charge on any atom is 0.251 e. The number of nitrogens with one attached hydrogen (secondary N) is 1. The van der Waals surface area contributed by atoms with E-state index >= 15 is 0 Å². The molecule has 0 aliphatic rings. The van der Waals surface area contributed by atoms with Crippen molar-refractivity contribution in [2.45, 2.75) is 26.8 Å². The van der Waals surface area contributed by atoms with Crippen molar-refractivity contribution in [2.24, 2.45) is 0 Å². The highest BCUT2D eigenvalue weighted by Crippen LogP contribution is 2.27. The van der Waals surface area contributed by atoms with Gasteiger partial charge in [0, 0.05) is 40.3 Å². The highest BCUT2D eigenvalue weighted by Gasteiger charge is 2.14. The van der Waals surface area contributed by atoms with Crippen LogP contribution in [-0.2, 0) is 13.0 Å². The van der Waals surface area contributed by atoms with Crippen molar-refractivity contribution in [3.63, 3.8) is 0 Å². The van der Waals surface area contributed by atoms with Crippen LogP contribution >= 0.6 is 11.6 Å². The van der Waals surface area contributed by atoms with Crippen LogP contribution in [0.25, 0.3) is 10.9 Å². The van der Waals surface area contributed by atoms with Crippen LogP contribution in [0, 0.1) is 13.8 Å². The Labute approximate surface area is 182 Å². The monoisotopic (exact) mass is 416 g/mol. The minimum atomic E-state index is -0.0428. The standard InChI is InChI=1S/C26H25ClN2O/c1-18-19(2)29(17-21-6-4-3-5-7-21)25-13-10-22(16-24(18)25)26(30)28-15-14-20-8-11-23(27)12-9-20/h3-13,16H,14-15,17H2,1-2H3,(H,28,30). The number of hydrogen-bond donors (Lipinski definition) is 1. The van der Waals surface area contributed by atoms with Crippen LogP contribution in [-0.4, -0.2) is 17.0 Å². The summed E-state index contributed by atoms with van der Waals surface area (Å²) < 4.78 is 2.32. The minimum Gasteiger partial charge on any atom is -0.352 e. The van der Waals surface area contributed by atoms with Crippen LogP contribution in [0.2, 0.25) is 5.02 Å². The van der Waals surface area contributed by atoms with Gasteiger partial charge in [-0.2, -0.15) is 0 Å². The molecule has 4 heteroatoms. The lowest BCUT2D eigenvalue weighted by molar-refractivity contribution is 0.0954. The van der Waals surface area contributed by atoms with Crippen LogP contribution in [0.1, 0.15) is 32.7 Å². The summed E-state index contributed by atoms with van der Waals surface area (Å²) in [7, 11) is 0. The summed E-state index contributed by atoms with van der Waals surface area (Å²) in [4.78, 5) is 12.7. The van der Waals surface area contributed by atoms with Crippen molar-refractivity contribution in [1.82, 2.24) is 9.88 Å². The fourth-order valence-electron chi connectivity index (χ4n) is 3.83. The van der Waals surface area contributed by atoms with Gasteiger partial charge >= 0.3 is 0 Å². The lowest BCUT2D eigenvalue weighted by Gasteiger charge is -2.09. The first kappa shape index (κ1) is 20.2. The van der Waals surface area contributed by atoms with Crippen molar-refractivity contribution in [2.75, 3.05) is 6.54 Å². The van der Waals surface area contributed by atoms with E-state index in [4.69, 9.17) is 11.6 Å². The maximum atomic E-state index is 12.7. The molecule has 152 valence electrons. The first-order valence-corrected chi connectivity index (χ1v) is 10.6. The van der Waals surface area contributed by atoms with Gasteiger partial charge in [0.25, 0.3) is 5.91 Å². The molecule has 4 rings (SSSR count). The SMILES string of the molecule is Cc1c(C)n(Cc2ccccc2)c2ccc(C(=O)NCCc3ccc(Cl)cc3)cc12. The van der Waals surface area contributed by atoms with E-state index in [0.717, 1.165) is 34.5 Å². The summed E-state index contributed by atoms with van der Waals surface area (Å²) in [5.41, 5.74) is 6.72. The molecule has 3 nitrogen and oxygen atoms in total. The third-order valence-electron chi connectivity index (χ3n) is 5.70. The Kier molecular flexibility index (Phi) is 5.91. The number of carbonyl (C=O) groups excluding carboxylic acids is 1. The molecule has 4 aromatic rings. The molecule has 30 heavy (non-hydrogen) atoms. The molecule has 0 saturated heterocycles. The van der Waals surface area contributed by atoms with Gasteiger partial charge in [-0.05, 0) is 67.3 Å². The number of nitrogens with zero attached hydrogens (tertiary/aromatic N) is 1. The second-order valence-corrected chi connectivity index (χ2v) is 8.08. The quantitative estimate of drug-likeness (QED) is 0.415. The molecule has 1 N–H and O–H groups in total. The average molecular weight is 417 g/mol. The number of amides is 1. The van der Waals surface area contributed by atoms with Crippen LogP contribution in [0.3, 0.4) is 0 Å². The molecular weight excluding hydrogens is 392 g/mol. The lowest BCUT2D eigenvalue weighted by atomic mass is 10.1. The Morgan fingerprint density at radius 1 is 0.933 bits per heavy atom. The molecule has 0 aliphatic carbocycles. The fraction of sp³-hybridized carbons (Fsp3) is 0.192. The van der Waals surface area contributed by atoms with Gasteiger partial charge in [-0.3, -0.25) is 4.79 Å². The maximum absolute atomic E-state index is 12.7. The molecule has 0 unspecified atom stereocenters. The fourth-order valence-corrected chi connectivity index (χ4v) is 3.96. The third-order valence-corrected chi connectivity index (χ3v) is 5.95. The molecule has 0 fully saturated rings. The van der Waals surface area contributed by atoms with Gasteiger partial charge in [0.2, 0.25) is 0 Å². The molecular formula is C26H25ClN2O. The Morgan fingerprint density at radius 3 is 2.40 bits per heavy atom. The number of aromatic nitrogens is 1. The summed E-state index contributed by atoms with van der Waals surface area (Å²) >= 11 is 5.92. The van der Waals surface area contributed by atoms with Gasteiger partial charge in [-0.25, -0.2) is 0 Å². The largest absolute Gasteiger partial charge is 0.352 e. The first-order chi connectivity index (χ1) is 14.5. The molecule has 0 atom stereocenters. The van der Waals surface area contributed by atoms with E-state index < -0.39 is 0 Å². The molecule has 0 bridgehead atoms. The minimum absolute atomic E-state index is 0.0428. The molecule has 1 amide bonds. The molecule has 0 saturated carbocycles. The predicted octanol–water partition coefficient (Wildman–Crippen LogP) is 5.93. The third kappa shape index (κ3) is 4.27. The lowest BCUT2D eigenvalue weighted by Crippen LogP contribution is -2.25. The molecule has 1 heterocycles. The van der Waals surface area contributed by atoms with Crippen LogP contribution in [0.4, 0.5) is 0 Å². The highest BCUT2D eigenvalue weighted by molar-refractivity contribution is 6.30. The van der Waals surface area contributed by atoms with Gasteiger partial charge < -0.3 is 9.88 Å². The first-order valence-electron chi connectivity index (χ1n) is 10.2. The van der Waals surface area contributed by atoms with E-state index in [-0.39, 0.29) is 5.91 Å². The number of fused-ring (bicyclic) bond motifs is 1. The van der Waals surface area contributed by atoms with E-state index in [2.05, 4.69) is 54.1 Å². The molecule has 1 aromatic heterocycles. The Bertz CT molecular complexity index is 1180. The van der Waals surface area contributed by atoms with Gasteiger partial charge in [0.05, 0.1) is 0 Å². The summed E-state index contributed by atoms with van der Waals surface area (Å²) in [5, 5.41) is 4.88. The van der Waals surface area contributed by atoms with Crippen molar-refractivity contribution in [3.05, 3.63) is 106 Å². The molecule has 0 aliphatic heterocycles. The van der Waals surface area contributed by atoms with E-state index in [1.807, 2.05) is 42.5 Å². The van der Waals surface area contributed by atoms with E-state index in [1.165, 1.54) is 16.8 Å². The number of aryl methyl sites for hydroxylation is 1. The van der Waals surface area contributed by atoms with Crippen molar-refractivity contribution in [3.8, 4) is 0 Å². The van der Waals surface area contributed by atoms with Gasteiger partial charge in [-0.15, -0.1) is 0 Å². The summed E-state index contributed by atoms with van der Waals surface area (Å²) in [5.74, 6) is -0.0428. The van der Waals surface area contributed by atoms with Crippen LogP contribution in [0.5, 0.6) is 0 Å². The van der Waals surface area contributed by atoms with Crippen molar-refractivity contribution < 1.29 is 4.79 Å². The zero-order chi connectivity index (χ0) is 21.1. The number of rotatable bonds is 6. The van der Waals surface area contributed by atoms with E-state index in [0.29, 0.717) is 12.1 Å². The highest BCUT2D eigenvalue weighted by atomic mass is 35.5. The van der Waals surface area contributed by atoms with Crippen LogP contribution in [0.15, 0.2) is 72.8 Å². The Balaban J connectivity index is 1.50. The summed E-state index contributed by atoms with van der Waals surface area (Å²) in [6, 6.07) is 24.2. The molecule has 3 aromatic carbocycles. The second kappa shape index (κ2) is 8.76.